The summed E-state index contributed by atoms with van der Waals surface area (Å²) in [6.07, 6.45) is 6.06. The number of aromatic nitrogens is 2. The van der Waals surface area contributed by atoms with E-state index in [2.05, 4.69) is 15.2 Å². The van der Waals surface area contributed by atoms with E-state index in [0.29, 0.717) is 6.42 Å². The van der Waals surface area contributed by atoms with Crippen molar-refractivity contribution >= 4 is 22.2 Å². The maximum Gasteiger partial charge on any atom is 0.226 e. The van der Waals surface area contributed by atoms with Crippen molar-refractivity contribution in [1.82, 2.24) is 19.6 Å². The molecule has 1 saturated heterocycles. The predicted molar refractivity (Wildman–Crippen MR) is 99.6 cm³/mol. The molecule has 0 bridgehead atoms. The fourth-order valence-corrected chi connectivity index (χ4v) is 4.11. The van der Waals surface area contributed by atoms with Crippen LogP contribution < -0.4 is 5.32 Å². The first-order valence-corrected chi connectivity index (χ1v) is 9.71. The van der Waals surface area contributed by atoms with Crippen LogP contribution in [0.2, 0.25) is 0 Å². The highest BCUT2D eigenvalue weighted by atomic mass is 32.1. The number of hydrogen-bond donors (Lipinski definition) is 1. The Morgan fingerprint density at radius 1 is 1.27 bits per heavy atom. The molecule has 26 heavy (non-hydrogen) atoms. The van der Waals surface area contributed by atoms with Crippen molar-refractivity contribution in [2.24, 2.45) is 0 Å². The number of benzene rings is 1. The summed E-state index contributed by atoms with van der Waals surface area (Å²) in [5.41, 5.74) is 1.93. The van der Waals surface area contributed by atoms with Crippen LogP contribution in [0.5, 0.6) is 0 Å². The minimum Gasteiger partial charge on any atom is -0.353 e. The average Bonchev–Trinajstić information content (AvgIpc) is 3.20. The Kier molecular flexibility index (Phi) is 4.99. The number of rotatable bonds is 5. The van der Waals surface area contributed by atoms with Gasteiger partial charge in [0.05, 0.1) is 12.1 Å². The smallest absolute Gasteiger partial charge is 0.226 e. The molecule has 0 radical (unpaired) electrons. The molecule has 3 heterocycles. The van der Waals surface area contributed by atoms with E-state index in [4.69, 9.17) is 0 Å². The first-order valence-electron chi connectivity index (χ1n) is 8.83. The van der Waals surface area contributed by atoms with Crippen molar-refractivity contribution in [3.05, 3.63) is 59.1 Å². The third kappa shape index (κ3) is 4.11. The molecule has 5 nitrogen and oxygen atoms in total. The predicted octanol–water partition coefficient (Wildman–Crippen LogP) is 2.86. The Labute approximate surface area is 155 Å². The Morgan fingerprint density at radius 3 is 2.77 bits per heavy atom. The van der Waals surface area contributed by atoms with Gasteiger partial charge in [0.25, 0.3) is 0 Å². The van der Waals surface area contributed by atoms with E-state index in [-0.39, 0.29) is 17.8 Å². The molecule has 0 aliphatic carbocycles. The summed E-state index contributed by atoms with van der Waals surface area (Å²) in [6.45, 7) is 2.69. The van der Waals surface area contributed by atoms with Crippen LogP contribution in [-0.2, 0) is 17.8 Å². The number of carbonyl (C=O) groups excluding carboxylic acids is 1. The molecule has 4 rings (SSSR count). The van der Waals surface area contributed by atoms with Crippen LogP contribution in [-0.4, -0.2) is 39.3 Å². The van der Waals surface area contributed by atoms with E-state index >= 15 is 0 Å². The van der Waals surface area contributed by atoms with Gasteiger partial charge in [-0.1, -0.05) is 12.1 Å². The number of thiazole rings is 1. The van der Waals surface area contributed by atoms with Crippen molar-refractivity contribution in [2.45, 2.75) is 31.8 Å². The molecule has 2 aromatic heterocycles. The van der Waals surface area contributed by atoms with E-state index in [9.17, 15) is 9.18 Å². The number of piperidine rings is 1. The van der Waals surface area contributed by atoms with Gasteiger partial charge < -0.3 is 5.32 Å². The van der Waals surface area contributed by atoms with Gasteiger partial charge in [0, 0.05) is 43.4 Å². The zero-order valence-corrected chi connectivity index (χ0v) is 15.2. The first-order chi connectivity index (χ1) is 12.7. The second-order valence-electron chi connectivity index (χ2n) is 6.75. The van der Waals surface area contributed by atoms with Crippen LogP contribution in [0.1, 0.15) is 24.1 Å². The van der Waals surface area contributed by atoms with Crippen LogP contribution in [0, 0.1) is 5.82 Å². The highest BCUT2D eigenvalue weighted by Crippen LogP contribution is 2.15. The standard InChI is InChI=1S/C19H21FN4OS/c20-15-3-1-14(2-4-15)12-23-7-5-16(6-8-23)21-18(25)11-17-13-24-9-10-26-19(24)22-17/h1-4,9-10,13,16H,5-8,11-12H2,(H,21,25). The number of imidazole rings is 1. The SMILES string of the molecule is O=C(Cc1cn2ccsc2n1)NC1CCN(Cc2ccc(F)cc2)CC1. The van der Waals surface area contributed by atoms with Gasteiger partial charge in [-0.25, -0.2) is 9.37 Å². The van der Waals surface area contributed by atoms with E-state index in [1.165, 1.54) is 12.1 Å². The minimum atomic E-state index is -0.201. The van der Waals surface area contributed by atoms with Gasteiger partial charge in [0.2, 0.25) is 5.91 Å². The molecule has 0 unspecified atom stereocenters. The van der Waals surface area contributed by atoms with Crippen molar-refractivity contribution in [3.63, 3.8) is 0 Å². The fourth-order valence-electron chi connectivity index (χ4n) is 3.39. The largest absolute Gasteiger partial charge is 0.353 e. The molecule has 3 aromatic rings. The fraction of sp³-hybridized carbons (Fsp3) is 0.368. The van der Waals surface area contributed by atoms with Crippen LogP contribution >= 0.6 is 11.3 Å². The molecule has 1 amide bonds. The summed E-state index contributed by atoms with van der Waals surface area (Å²) in [5.74, 6) is -0.166. The van der Waals surface area contributed by atoms with Crippen LogP contribution in [0.25, 0.3) is 4.96 Å². The highest BCUT2D eigenvalue weighted by Gasteiger charge is 2.21. The van der Waals surface area contributed by atoms with Crippen molar-refractivity contribution in [3.8, 4) is 0 Å². The van der Waals surface area contributed by atoms with Gasteiger partial charge >= 0.3 is 0 Å². The van der Waals surface area contributed by atoms with Gasteiger partial charge in [0.1, 0.15) is 5.82 Å². The van der Waals surface area contributed by atoms with E-state index in [0.717, 1.165) is 48.7 Å². The summed E-state index contributed by atoms with van der Waals surface area (Å²) >= 11 is 1.57. The molecule has 7 heteroatoms. The van der Waals surface area contributed by atoms with E-state index < -0.39 is 0 Å². The highest BCUT2D eigenvalue weighted by molar-refractivity contribution is 7.15. The lowest BCUT2D eigenvalue weighted by Crippen LogP contribution is -2.44. The molecular weight excluding hydrogens is 351 g/mol. The Bertz CT molecular complexity index is 852. The van der Waals surface area contributed by atoms with Crippen molar-refractivity contribution in [1.29, 1.82) is 0 Å². The van der Waals surface area contributed by atoms with Crippen LogP contribution in [0.3, 0.4) is 0 Å². The monoisotopic (exact) mass is 372 g/mol. The van der Waals surface area contributed by atoms with Crippen molar-refractivity contribution < 1.29 is 9.18 Å². The molecule has 1 aromatic carbocycles. The first kappa shape index (κ1) is 17.2. The second kappa shape index (κ2) is 7.55. The number of likely N-dealkylation sites (tertiary alicyclic amines) is 1. The molecule has 1 aliphatic rings. The molecule has 0 atom stereocenters. The number of hydrogen-bond acceptors (Lipinski definition) is 4. The van der Waals surface area contributed by atoms with E-state index in [1.54, 1.807) is 11.3 Å². The Hall–Kier alpha value is -2.25. The number of nitrogens with zero attached hydrogens (tertiary/aromatic N) is 3. The maximum absolute atomic E-state index is 13.0. The summed E-state index contributed by atoms with van der Waals surface area (Å²) in [5, 5.41) is 5.11. The molecule has 1 N–H and O–H groups in total. The van der Waals surface area contributed by atoms with Gasteiger partial charge in [0.15, 0.2) is 4.96 Å². The van der Waals surface area contributed by atoms with E-state index in [1.807, 2.05) is 34.3 Å². The average molecular weight is 372 g/mol. The lowest BCUT2D eigenvalue weighted by Gasteiger charge is -2.32. The Balaban J connectivity index is 1.23. The zero-order valence-electron chi connectivity index (χ0n) is 14.4. The van der Waals surface area contributed by atoms with Gasteiger partial charge in [-0.3, -0.25) is 14.1 Å². The van der Waals surface area contributed by atoms with Crippen LogP contribution in [0.4, 0.5) is 4.39 Å². The molecule has 1 aliphatic heterocycles. The topological polar surface area (TPSA) is 49.6 Å². The molecule has 0 saturated carbocycles. The lowest BCUT2D eigenvalue weighted by atomic mass is 10.0. The quantitative estimate of drug-likeness (QED) is 0.749. The molecular formula is C19H21FN4OS. The number of nitrogens with one attached hydrogen (secondary N) is 1. The van der Waals surface area contributed by atoms with Crippen molar-refractivity contribution in [2.75, 3.05) is 13.1 Å². The minimum absolute atomic E-state index is 0.0349. The second-order valence-corrected chi connectivity index (χ2v) is 7.62. The number of carbonyl (C=O) groups is 1. The third-order valence-corrected chi connectivity index (χ3v) is 5.53. The number of amides is 1. The van der Waals surface area contributed by atoms with Gasteiger partial charge in [-0.15, -0.1) is 11.3 Å². The third-order valence-electron chi connectivity index (χ3n) is 4.76. The summed E-state index contributed by atoms with van der Waals surface area (Å²) < 4.78 is 14.9. The number of fused-ring (bicyclic) bond motifs is 1. The summed E-state index contributed by atoms with van der Waals surface area (Å²) in [4.78, 5) is 20.0. The lowest BCUT2D eigenvalue weighted by molar-refractivity contribution is -0.121. The number of halogens is 1. The maximum atomic E-state index is 13.0. The normalized spacial score (nSPS) is 16.2. The van der Waals surface area contributed by atoms with Crippen LogP contribution in [0.15, 0.2) is 42.0 Å². The zero-order chi connectivity index (χ0) is 17.9. The summed E-state index contributed by atoms with van der Waals surface area (Å²) in [6, 6.07) is 6.89. The molecule has 0 spiro atoms. The van der Waals surface area contributed by atoms with Gasteiger partial charge in [-0.05, 0) is 30.5 Å². The van der Waals surface area contributed by atoms with Gasteiger partial charge in [-0.2, -0.15) is 0 Å². The Morgan fingerprint density at radius 2 is 2.04 bits per heavy atom. The molecule has 136 valence electrons. The summed E-state index contributed by atoms with van der Waals surface area (Å²) in [7, 11) is 0. The molecule has 1 fully saturated rings.